The molecule has 0 unspecified atom stereocenters. The number of hydrogen-bond acceptors (Lipinski definition) is 5. The highest BCUT2D eigenvalue weighted by molar-refractivity contribution is 5.95. The van der Waals surface area contributed by atoms with Crippen LogP contribution in [0.5, 0.6) is 0 Å². The lowest BCUT2D eigenvalue weighted by atomic mass is 9.78. The third kappa shape index (κ3) is 2.95. The van der Waals surface area contributed by atoms with E-state index in [4.69, 9.17) is 15.5 Å². The number of ether oxygens (including phenoxy) is 1. The Morgan fingerprint density at radius 3 is 2.50 bits per heavy atom. The van der Waals surface area contributed by atoms with Gasteiger partial charge in [0.05, 0.1) is 17.4 Å². The maximum Gasteiger partial charge on any atom is 0.0913 e. The largest absolute Gasteiger partial charge is 0.398 e. The van der Waals surface area contributed by atoms with Crippen LogP contribution >= 0.6 is 0 Å². The third-order valence-corrected chi connectivity index (χ3v) is 4.39. The Morgan fingerprint density at radius 1 is 1.08 bits per heavy atom. The first-order valence-corrected chi connectivity index (χ1v) is 7.97. The summed E-state index contributed by atoms with van der Waals surface area (Å²) in [5, 5.41) is 0.934. The molecular weight excluding hydrogens is 300 g/mol. The lowest BCUT2D eigenvalue weighted by Crippen LogP contribution is -2.23. The van der Waals surface area contributed by atoms with Gasteiger partial charge in [-0.25, -0.2) is 4.98 Å². The second-order valence-corrected chi connectivity index (χ2v) is 6.50. The first-order chi connectivity index (χ1) is 11.5. The highest BCUT2D eigenvalue weighted by Gasteiger charge is 2.29. The number of nitrogen functional groups attached to an aromatic ring is 1. The minimum atomic E-state index is -0.177. The summed E-state index contributed by atoms with van der Waals surface area (Å²) in [6, 6.07) is 5.84. The number of methoxy groups -OCH3 is 1. The normalized spacial score (nSPS) is 11.8. The molecule has 0 aromatic carbocycles. The Hall–Kier alpha value is -2.53. The molecule has 0 aliphatic carbocycles. The fourth-order valence-corrected chi connectivity index (χ4v) is 3.03. The van der Waals surface area contributed by atoms with Crippen LogP contribution in [0, 0.1) is 0 Å². The van der Waals surface area contributed by atoms with Crippen molar-refractivity contribution < 1.29 is 4.74 Å². The topological polar surface area (TPSA) is 73.9 Å². The zero-order chi connectivity index (χ0) is 17.2. The van der Waals surface area contributed by atoms with Gasteiger partial charge < -0.3 is 10.5 Å². The molecule has 0 bridgehead atoms. The smallest absolute Gasteiger partial charge is 0.0913 e. The maximum absolute atomic E-state index is 6.59. The van der Waals surface area contributed by atoms with Crippen LogP contribution in [0.4, 0.5) is 5.69 Å². The monoisotopic (exact) mass is 322 g/mol. The second kappa shape index (κ2) is 6.53. The molecule has 0 atom stereocenters. The minimum Gasteiger partial charge on any atom is -0.398 e. The molecule has 3 aromatic rings. The Balaban J connectivity index is 2.30. The summed E-state index contributed by atoms with van der Waals surface area (Å²) in [4.78, 5) is 13.2. The van der Waals surface area contributed by atoms with Gasteiger partial charge in [0.2, 0.25) is 0 Å². The lowest BCUT2D eigenvalue weighted by molar-refractivity contribution is 0.175. The van der Waals surface area contributed by atoms with Crippen LogP contribution in [0.25, 0.3) is 22.2 Å². The fourth-order valence-electron chi connectivity index (χ4n) is 3.03. The number of nitrogens with two attached hydrogens (primary N) is 1. The van der Waals surface area contributed by atoms with Crippen LogP contribution < -0.4 is 5.73 Å². The average Bonchev–Trinajstić information content (AvgIpc) is 2.60. The molecule has 0 spiro atoms. The van der Waals surface area contributed by atoms with E-state index in [1.54, 1.807) is 31.9 Å². The molecule has 24 heavy (non-hydrogen) atoms. The zero-order valence-corrected chi connectivity index (χ0v) is 14.3. The molecule has 2 N–H and O–H groups in total. The fraction of sp³-hybridized carbons (Fsp3) is 0.316. The minimum absolute atomic E-state index is 0.177. The van der Waals surface area contributed by atoms with Gasteiger partial charge in [0.15, 0.2) is 0 Å². The van der Waals surface area contributed by atoms with Crippen LogP contribution in [0.15, 0.2) is 43.0 Å². The summed E-state index contributed by atoms with van der Waals surface area (Å²) in [5.41, 5.74) is 10.9. The van der Waals surface area contributed by atoms with E-state index in [0.29, 0.717) is 6.61 Å². The van der Waals surface area contributed by atoms with Gasteiger partial charge >= 0.3 is 0 Å². The average molecular weight is 322 g/mol. The Bertz CT molecular complexity index is 847. The molecule has 3 heterocycles. The van der Waals surface area contributed by atoms with Crippen LogP contribution in [0.1, 0.15) is 25.8 Å². The number of hydrogen-bond donors (Lipinski definition) is 1. The van der Waals surface area contributed by atoms with E-state index in [1.165, 1.54) is 0 Å². The number of rotatable bonds is 5. The summed E-state index contributed by atoms with van der Waals surface area (Å²) in [7, 11) is 1.72. The first kappa shape index (κ1) is 16.3. The van der Waals surface area contributed by atoms with Crippen LogP contribution in [-0.2, 0) is 10.2 Å². The van der Waals surface area contributed by atoms with Gasteiger partial charge in [-0.2, -0.15) is 0 Å². The molecule has 5 nitrogen and oxygen atoms in total. The number of pyridine rings is 3. The quantitative estimate of drug-likeness (QED) is 0.777. The molecule has 0 saturated carbocycles. The van der Waals surface area contributed by atoms with Crippen LogP contribution in [0.3, 0.4) is 0 Å². The van der Waals surface area contributed by atoms with E-state index in [0.717, 1.165) is 39.8 Å². The van der Waals surface area contributed by atoms with Crippen molar-refractivity contribution in [2.45, 2.75) is 25.7 Å². The molecular formula is C19H22N4O. The third-order valence-electron chi connectivity index (χ3n) is 4.39. The molecule has 0 aliphatic heterocycles. The van der Waals surface area contributed by atoms with E-state index < -0.39 is 0 Å². The van der Waals surface area contributed by atoms with Gasteiger partial charge in [0.1, 0.15) is 0 Å². The van der Waals surface area contributed by atoms with Crippen molar-refractivity contribution in [3.63, 3.8) is 0 Å². The molecule has 0 aliphatic rings. The molecule has 0 saturated heterocycles. The van der Waals surface area contributed by atoms with Crippen LogP contribution in [-0.4, -0.2) is 28.7 Å². The number of nitrogens with zero attached hydrogens (tertiary/aromatic N) is 3. The van der Waals surface area contributed by atoms with Crippen molar-refractivity contribution in [2.75, 3.05) is 19.5 Å². The molecule has 3 aromatic heterocycles. The van der Waals surface area contributed by atoms with Gasteiger partial charge in [0, 0.05) is 54.5 Å². The lowest BCUT2D eigenvalue weighted by Gasteiger charge is -2.29. The summed E-state index contributed by atoms with van der Waals surface area (Å²) < 4.78 is 5.29. The van der Waals surface area contributed by atoms with E-state index in [9.17, 15) is 0 Å². The molecule has 5 heteroatoms. The van der Waals surface area contributed by atoms with Gasteiger partial charge in [-0.15, -0.1) is 0 Å². The van der Waals surface area contributed by atoms with Crippen molar-refractivity contribution in [2.24, 2.45) is 0 Å². The standard InChI is InChI=1S/C19H22N4O/c1-19(2,7-11-24-3)16-17(20)14-6-10-22-12-15(14)23-18(16)13-4-8-21-9-5-13/h4-6,8-10,12H,7,11H2,1-3H3,(H2,20,23). The summed E-state index contributed by atoms with van der Waals surface area (Å²) in [6.07, 6.45) is 7.89. The number of aromatic nitrogens is 3. The number of fused-ring (bicyclic) bond motifs is 1. The first-order valence-electron chi connectivity index (χ1n) is 7.97. The highest BCUT2D eigenvalue weighted by atomic mass is 16.5. The summed E-state index contributed by atoms with van der Waals surface area (Å²) >= 11 is 0. The molecule has 0 fully saturated rings. The van der Waals surface area contributed by atoms with Gasteiger partial charge in [0.25, 0.3) is 0 Å². The number of anilines is 1. The predicted molar refractivity (Wildman–Crippen MR) is 96.7 cm³/mol. The zero-order valence-electron chi connectivity index (χ0n) is 14.3. The molecule has 0 radical (unpaired) electrons. The van der Waals surface area contributed by atoms with Crippen molar-refractivity contribution >= 4 is 16.6 Å². The molecule has 124 valence electrons. The maximum atomic E-state index is 6.59. The summed E-state index contributed by atoms with van der Waals surface area (Å²) in [6.45, 7) is 5.02. The Labute approximate surface area is 141 Å². The van der Waals surface area contributed by atoms with E-state index in [2.05, 4.69) is 23.8 Å². The van der Waals surface area contributed by atoms with Crippen molar-refractivity contribution in [1.29, 1.82) is 0 Å². The second-order valence-electron chi connectivity index (χ2n) is 6.50. The van der Waals surface area contributed by atoms with E-state index >= 15 is 0 Å². The van der Waals surface area contributed by atoms with E-state index in [-0.39, 0.29) is 5.41 Å². The molecule has 0 amide bonds. The van der Waals surface area contributed by atoms with Crippen LogP contribution in [0.2, 0.25) is 0 Å². The van der Waals surface area contributed by atoms with Gasteiger partial charge in [-0.1, -0.05) is 13.8 Å². The van der Waals surface area contributed by atoms with Gasteiger partial charge in [-0.3, -0.25) is 9.97 Å². The highest BCUT2D eigenvalue weighted by Crippen LogP contribution is 2.41. The SMILES string of the molecule is COCCC(C)(C)c1c(-c2ccncc2)nc2cnccc2c1N. The van der Waals surface area contributed by atoms with Crippen molar-refractivity contribution in [3.05, 3.63) is 48.5 Å². The Morgan fingerprint density at radius 2 is 1.79 bits per heavy atom. The van der Waals surface area contributed by atoms with E-state index in [1.807, 2.05) is 18.2 Å². The molecule has 3 rings (SSSR count). The Kier molecular flexibility index (Phi) is 4.44. The summed E-state index contributed by atoms with van der Waals surface area (Å²) in [5.74, 6) is 0. The van der Waals surface area contributed by atoms with Crippen molar-refractivity contribution in [3.8, 4) is 11.3 Å². The van der Waals surface area contributed by atoms with Crippen molar-refractivity contribution in [1.82, 2.24) is 15.0 Å². The van der Waals surface area contributed by atoms with Gasteiger partial charge in [-0.05, 0) is 30.0 Å². The predicted octanol–water partition coefficient (Wildman–Crippen LogP) is 3.59.